The van der Waals surface area contributed by atoms with Crippen LogP contribution in [-0.4, -0.2) is 54.4 Å². The maximum absolute atomic E-state index is 13.4. The van der Waals surface area contributed by atoms with Gasteiger partial charge in [-0.3, -0.25) is 0 Å². The summed E-state index contributed by atoms with van der Waals surface area (Å²) in [7, 11) is 0. The van der Waals surface area contributed by atoms with Gasteiger partial charge in [0.25, 0.3) is 0 Å². The Bertz CT molecular complexity index is 1040. The number of carbonyl (C=O) groups is 1. The monoisotopic (exact) mass is 502 g/mol. The van der Waals surface area contributed by atoms with Gasteiger partial charge in [-0.05, 0) is 57.9 Å². The molecule has 6 rings (SSSR count). The van der Waals surface area contributed by atoms with Crippen LogP contribution >= 0.6 is 22.7 Å². The lowest BCUT2D eigenvalue weighted by Gasteiger charge is -2.52. The van der Waals surface area contributed by atoms with E-state index in [0.717, 1.165) is 49.9 Å². The van der Waals surface area contributed by atoms with E-state index >= 15 is 0 Å². The zero-order chi connectivity index (χ0) is 23.6. The van der Waals surface area contributed by atoms with E-state index in [1.807, 2.05) is 21.5 Å². The lowest BCUT2D eigenvalue weighted by atomic mass is 9.82. The van der Waals surface area contributed by atoms with E-state index < -0.39 is 11.6 Å². The van der Waals surface area contributed by atoms with Gasteiger partial charge in [-0.1, -0.05) is 0 Å². The van der Waals surface area contributed by atoms with Crippen molar-refractivity contribution in [3.63, 3.8) is 0 Å². The maximum atomic E-state index is 13.4. The molecule has 34 heavy (non-hydrogen) atoms. The average Bonchev–Trinajstić information content (AvgIpc) is 3.58. The number of rotatable bonds is 9. The Balaban J connectivity index is 1.22. The predicted molar refractivity (Wildman–Crippen MR) is 130 cm³/mol. The van der Waals surface area contributed by atoms with Crippen LogP contribution in [0.4, 0.5) is 4.39 Å². The van der Waals surface area contributed by atoms with Crippen LogP contribution in [0, 0.1) is 11.7 Å². The molecule has 3 saturated heterocycles. The summed E-state index contributed by atoms with van der Waals surface area (Å²) >= 11 is 2.90. The number of aliphatic hydroxyl groups is 1. The van der Waals surface area contributed by atoms with Crippen molar-refractivity contribution in [3.8, 4) is 5.75 Å². The Hall–Kier alpha value is -2.26. The van der Waals surface area contributed by atoms with E-state index in [0.29, 0.717) is 29.4 Å². The van der Waals surface area contributed by atoms with Gasteiger partial charge in [0.1, 0.15) is 18.1 Å². The number of hydrogen-bond donors (Lipinski definition) is 1. The minimum absolute atomic E-state index is 0.197. The van der Waals surface area contributed by atoms with Crippen LogP contribution in [0.25, 0.3) is 0 Å². The van der Waals surface area contributed by atoms with Crippen LogP contribution in [0.5, 0.6) is 5.75 Å². The Morgan fingerprint density at radius 3 is 2.29 bits per heavy atom. The van der Waals surface area contributed by atoms with Crippen molar-refractivity contribution in [2.45, 2.75) is 31.0 Å². The zero-order valence-electron chi connectivity index (χ0n) is 18.9. The molecule has 3 aliphatic heterocycles. The first kappa shape index (κ1) is 23.5. The smallest absolute Gasteiger partial charge is 0.348 e. The fourth-order valence-electron chi connectivity index (χ4n) is 5.36. The molecule has 5 nitrogen and oxygen atoms in total. The van der Waals surface area contributed by atoms with Crippen LogP contribution in [0.1, 0.15) is 30.4 Å². The summed E-state index contributed by atoms with van der Waals surface area (Å²) in [6.07, 6.45) is 2.71. The maximum Gasteiger partial charge on any atom is 0.348 e. The third-order valence-electron chi connectivity index (χ3n) is 7.33. The molecule has 0 aliphatic carbocycles. The first-order valence-corrected chi connectivity index (χ1v) is 13.6. The molecular formula is C26H29FNO4S2+. The Labute approximate surface area is 207 Å². The number of hydrogen-bond acceptors (Lipinski definition) is 6. The first-order chi connectivity index (χ1) is 16.5. The minimum atomic E-state index is -1.78. The third kappa shape index (κ3) is 4.64. The second kappa shape index (κ2) is 9.77. The van der Waals surface area contributed by atoms with Crippen molar-refractivity contribution in [2.24, 2.45) is 5.92 Å². The molecule has 2 bridgehead atoms. The number of esters is 1. The lowest BCUT2D eigenvalue weighted by Crippen LogP contribution is -2.65. The highest BCUT2D eigenvalue weighted by atomic mass is 32.1. The van der Waals surface area contributed by atoms with Gasteiger partial charge in [0.2, 0.25) is 5.60 Å². The molecule has 0 saturated carbocycles. The third-order valence-corrected chi connectivity index (χ3v) is 8.70. The molecule has 180 valence electrons. The van der Waals surface area contributed by atoms with Gasteiger partial charge in [-0.2, -0.15) is 22.7 Å². The van der Waals surface area contributed by atoms with E-state index in [1.165, 1.54) is 34.8 Å². The van der Waals surface area contributed by atoms with Crippen molar-refractivity contribution >= 4 is 28.6 Å². The Morgan fingerprint density at radius 1 is 1.06 bits per heavy atom. The number of ether oxygens (including phenoxy) is 2. The number of fused-ring (bicyclic) bond motifs is 3. The van der Waals surface area contributed by atoms with Crippen LogP contribution in [-0.2, 0) is 15.1 Å². The summed E-state index contributed by atoms with van der Waals surface area (Å²) in [6, 6.07) is 9.67. The van der Waals surface area contributed by atoms with Crippen LogP contribution in [0.3, 0.4) is 0 Å². The molecule has 2 aromatic heterocycles. The Morgan fingerprint density at radius 2 is 1.71 bits per heavy atom. The van der Waals surface area contributed by atoms with Crippen molar-refractivity contribution in [3.05, 3.63) is 74.9 Å². The highest BCUT2D eigenvalue weighted by molar-refractivity contribution is 7.08. The number of carbonyl (C=O) groups excluding carboxylic acids is 1. The fourth-order valence-corrected chi connectivity index (χ4v) is 6.75. The number of quaternary nitrogens is 1. The molecule has 1 aromatic carbocycles. The molecule has 3 aromatic rings. The topological polar surface area (TPSA) is 55.8 Å². The van der Waals surface area contributed by atoms with Crippen molar-refractivity contribution < 1.29 is 28.2 Å². The van der Waals surface area contributed by atoms with E-state index in [-0.39, 0.29) is 11.9 Å². The normalized spacial score (nSPS) is 24.2. The van der Waals surface area contributed by atoms with E-state index in [2.05, 4.69) is 0 Å². The summed E-state index contributed by atoms with van der Waals surface area (Å²) < 4.78 is 25.9. The quantitative estimate of drug-likeness (QED) is 0.259. The molecule has 1 unspecified atom stereocenters. The molecular weight excluding hydrogens is 473 g/mol. The van der Waals surface area contributed by atoms with Gasteiger partial charge >= 0.3 is 5.97 Å². The van der Waals surface area contributed by atoms with Gasteiger partial charge < -0.3 is 19.1 Å². The van der Waals surface area contributed by atoms with Crippen molar-refractivity contribution in [2.75, 3.05) is 32.8 Å². The molecule has 1 atom stereocenters. The van der Waals surface area contributed by atoms with Gasteiger partial charge in [-0.25, -0.2) is 9.18 Å². The van der Waals surface area contributed by atoms with Gasteiger partial charge in [0.15, 0.2) is 6.10 Å². The van der Waals surface area contributed by atoms with E-state index in [9.17, 15) is 14.3 Å². The summed E-state index contributed by atoms with van der Waals surface area (Å²) in [5.41, 5.74) is -0.659. The summed E-state index contributed by atoms with van der Waals surface area (Å²) in [5, 5.41) is 18.9. The highest BCUT2D eigenvalue weighted by Gasteiger charge is 2.50. The first-order valence-electron chi connectivity index (χ1n) is 11.7. The number of benzene rings is 1. The summed E-state index contributed by atoms with van der Waals surface area (Å²) in [5.74, 6) is 0.161. The van der Waals surface area contributed by atoms with Gasteiger partial charge in [0.05, 0.1) is 26.2 Å². The largest absolute Gasteiger partial charge is 0.493 e. The predicted octanol–water partition coefficient (Wildman–Crippen LogP) is 4.81. The molecule has 0 spiro atoms. The molecule has 1 N–H and O–H groups in total. The molecule has 3 fully saturated rings. The molecule has 0 amide bonds. The second-order valence-corrected chi connectivity index (χ2v) is 10.9. The standard InChI is InChI=1S/C26H29FNO4S2/c27-22-2-4-23(5-3-22)31-13-1-10-28-11-6-19(7-12-28)24(16-28)32-25(29)26(30,20-8-14-33-17-20)21-9-15-34-18-21/h2-5,8-9,14-15,17-19,24,30H,1,6-7,10-13,16H2/q+1. The second-order valence-electron chi connectivity index (χ2n) is 9.37. The van der Waals surface area contributed by atoms with E-state index in [4.69, 9.17) is 9.47 Å². The van der Waals surface area contributed by atoms with Crippen LogP contribution in [0.2, 0.25) is 0 Å². The van der Waals surface area contributed by atoms with E-state index in [1.54, 1.807) is 24.3 Å². The van der Waals surface area contributed by atoms with Crippen molar-refractivity contribution in [1.29, 1.82) is 0 Å². The summed E-state index contributed by atoms with van der Waals surface area (Å²) in [6.45, 7) is 4.44. The van der Waals surface area contributed by atoms with Crippen molar-refractivity contribution in [1.82, 2.24) is 0 Å². The van der Waals surface area contributed by atoms with Gasteiger partial charge in [0, 0.05) is 36.3 Å². The lowest BCUT2D eigenvalue weighted by molar-refractivity contribution is -0.946. The highest BCUT2D eigenvalue weighted by Crippen LogP contribution is 2.39. The van der Waals surface area contributed by atoms with Crippen LogP contribution < -0.4 is 4.74 Å². The number of nitrogens with zero attached hydrogens (tertiary/aromatic N) is 1. The van der Waals surface area contributed by atoms with Gasteiger partial charge in [-0.15, -0.1) is 0 Å². The molecule has 8 heteroatoms. The number of piperidine rings is 3. The number of halogens is 1. The molecule has 5 heterocycles. The number of thiophene rings is 2. The molecule has 3 aliphatic rings. The SMILES string of the molecule is O=C(OC1C[N+]2(CCCOc3ccc(F)cc3)CCC1CC2)C(O)(c1ccsc1)c1ccsc1. The Kier molecular flexibility index (Phi) is 6.75. The zero-order valence-corrected chi connectivity index (χ0v) is 20.5. The fraction of sp³-hybridized carbons (Fsp3) is 0.423. The average molecular weight is 503 g/mol. The summed E-state index contributed by atoms with van der Waals surface area (Å²) in [4.78, 5) is 13.4. The molecule has 0 radical (unpaired) electrons. The van der Waals surface area contributed by atoms with Crippen LogP contribution in [0.15, 0.2) is 57.9 Å². The minimum Gasteiger partial charge on any atom is -0.493 e.